The molecule has 0 fully saturated rings. The first-order valence-corrected chi connectivity index (χ1v) is 2.94. The second kappa shape index (κ2) is 17.6. The van der Waals surface area contributed by atoms with Gasteiger partial charge in [0.15, 0.2) is 0 Å². The summed E-state index contributed by atoms with van der Waals surface area (Å²) in [4.78, 5) is 0. The molecule has 0 unspecified atom stereocenters. The Morgan fingerprint density at radius 1 is 1.67 bits per heavy atom. The Labute approximate surface area is 54.5 Å². The molecular formula is C4H12AlCl. The van der Waals surface area contributed by atoms with Crippen LogP contribution in [0.5, 0.6) is 0 Å². The SMILES string of the molecule is C.C=C[CH2][AlH2].Cl. The Bertz CT molecular complexity index is 21.5. The summed E-state index contributed by atoms with van der Waals surface area (Å²) in [5.74, 6) is 0. The largest absolute Gasteiger partial charge is 0.217 e. The average molecular weight is 123 g/mol. The van der Waals surface area contributed by atoms with Gasteiger partial charge in [0.2, 0.25) is 16.3 Å². The summed E-state index contributed by atoms with van der Waals surface area (Å²) >= 11 is 1.27. The topological polar surface area (TPSA) is 0 Å². The number of halogens is 1. The number of rotatable bonds is 1. The molecule has 0 amide bonds. The normalized spacial score (nSPS) is 4.00. The molecular weight excluding hydrogens is 110 g/mol. The third kappa shape index (κ3) is 23.7. The van der Waals surface area contributed by atoms with E-state index in [9.17, 15) is 0 Å². The summed E-state index contributed by atoms with van der Waals surface area (Å²) in [5, 5.41) is 1.22. The highest BCUT2D eigenvalue weighted by molar-refractivity contribution is 6.09. The molecule has 0 aromatic rings. The molecule has 0 aliphatic carbocycles. The van der Waals surface area contributed by atoms with E-state index in [-0.39, 0.29) is 19.8 Å². The molecule has 2 heteroatoms. The van der Waals surface area contributed by atoms with Crippen LogP contribution in [0.25, 0.3) is 0 Å². The molecule has 0 aromatic heterocycles. The van der Waals surface area contributed by atoms with Crippen molar-refractivity contribution in [3.05, 3.63) is 12.7 Å². The van der Waals surface area contributed by atoms with Crippen LogP contribution < -0.4 is 0 Å². The van der Waals surface area contributed by atoms with Crippen LogP contribution >= 0.6 is 12.4 Å². The van der Waals surface area contributed by atoms with Gasteiger partial charge in [-0.3, -0.25) is 0 Å². The predicted octanol–water partition coefficient (Wildman–Crippen LogP) is 1.28. The minimum absolute atomic E-state index is 0. The fourth-order valence-electron chi connectivity index (χ4n) is 0. The van der Waals surface area contributed by atoms with Crippen LogP contribution in [0.4, 0.5) is 0 Å². The minimum Gasteiger partial charge on any atom is -0.147 e. The molecule has 6 heavy (non-hydrogen) atoms. The molecule has 0 heterocycles. The second-order valence-electron chi connectivity index (χ2n) is 0.697. The van der Waals surface area contributed by atoms with Gasteiger partial charge < -0.3 is 0 Å². The molecule has 0 rings (SSSR count). The lowest BCUT2D eigenvalue weighted by atomic mass is 10.8. The van der Waals surface area contributed by atoms with Gasteiger partial charge in [0.25, 0.3) is 0 Å². The molecule has 0 aromatic carbocycles. The van der Waals surface area contributed by atoms with Crippen molar-refractivity contribution < 1.29 is 0 Å². The van der Waals surface area contributed by atoms with Gasteiger partial charge in [0.1, 0.15) is 0 Å². The van der Waals surface area contributed by atoms with Crippen LogP contribution in [0.3, 0.4) is 0 Å². The summed E-state index contributed by atoms with van der Waals surface area (Å²) in [6.07, 6.45) is 1.94. The van der Waals surface area contributed by atoms with Gasteiger partial charge in [0.05, 0.1) is 0 Å². The third-order valence-electron chi connectivity index (χ3n) is 0.289. The lowest BCUT2D eigenvalue weighted by molar-refractivity contribution is 1.76. The average Bonchev–Trinajstić information content (AvgIpc) is 1.37. The highest BCUT2D eigenvalue weighted by atomic mass is 35.5. The molecule has 0 atom stereocenters. The van der Waals surface area contributed by atoms with Crippen molar-refractivity contribution in [2.45, 2.75) is 12.7 Å². The molecule has 0 saturated carbocycles. The third-order valence-corrected chi connectivity index (χ3v) is 0.866. The number of allylic oxidation sites excluding steroid dienone is 1. The molecule has 38 valence electrons. The molecule has 0 aliphatic rings. The zero-order chi connectivity index (χ0) is 3.41. The van der Waals surface area contributed by atoms with Crippen LogP contribution in [-0.2, 0) is 0 Å². The Hall–Kier alpha value is 0.562. The molecule has 0 nitrogen and oxygen atoms in total. The first kappa shape index (κ1) is 16.0. The molecule has 0 radical (unpaired) electrons. The monoisotopic (exact) mass is 122 g/mol. The molecule has 0 aliphatic heterocycles. The highest BCUT2D eigenvalue weighted by Crippen LogP contribution is 1.61. The van der Waals surface area contributed by atoms with E-state index in [1.165, 1.54) is 21.6 Å². The lowest BCUT2D eigenvalue weighted by Crippen LogP contribution is -1.47. The van der Waals surface area contributed by atoms with E-state index in [4.69, 9.17) is 0 Å². The van der Waals surface area contributed by atoms with Crippen molar-refractivity contribution in [2.24, 2.45) is 0 Å². The van der Waals surface area contributed by atoms with Crippen molar-refractivity contribution >= 4 is 28.7 Å². The maximum absolute atomic E-state index is 3.51. The molecule has 0 saturated heterocycles. The van der Waals surface area contributed by atoms with Crippen molar-refractivity contribution in [3.8, 4) is 0 Å². The zero-order valence-corrected chi connectivity index (χ0v) is 6.22. The quantitative estimate of drug-likeness (QED) is 0.363. The van der Waals surface area contributed by atoms with Crippen LogP contribution in [-0.4, -0.2) is 16.3 Å². The highest BCUT2D eigenvalue weighted by Gasteiger charge is 1.49. The van der Waals surface area contributed by atoms with E-state index < -0.39 is 0 Å². The van der Waals surface area contributed by atoms with Gasteiger partial charge in [0, 0.05) is 0 Å². The lowest BCUT2D eigenvalue weighted by Gasteiger charge is -1.55. The summed E-state index contributed by atoms with van der Waals surface area (Å²) < 4.78 is 0. The van der Waals surface area contributed by atoms with E-state index in [0.29, 0.717) is 0 Å². The van der Waals surface area contributed by atoms with Crippen molar-refractivity contribution in [1.29, 1.82) is 0 Å². The molecule has 0 spiro atoms. The summed E-state index contributed by atoms with van der Waals surface area (Å²) in [7, 11) is 0. The Balaban J connectivity index is -0.0000000450. The van der Waals surface area contributed by atoms with E-state index in [0.717, 1.165) is 0 Å². The van der Waals surface area contributed by atoms with E-state index in [1.54, 1.807) is 0 Å². The second-order valence-corrected chi connectivity index (χ2v) is 1.51. The van der Waals surface area contributed by atoms with Gasteiger partial charge >= 0.3 is 0 Å². The van der Waals surface area contributed by atoms with Crippen LogP contribution in [0.15, 0.2) is 12.7 Å². The van der Waals surface area contributed by atoms with Crippen LogP contribution in [0, 0.1) is 0 Å². The smallest absolute Gasteiger partial charge is 0.147 e. The fourth-order valence-corrected chi connectivity index (χ4v) is 0. The van der Waals surface area contributed by atoms with Crippen molar-refractivity contribution in [3.63, 3.8) is 0 Å². The Morgan fingerprint density at radius 3 is 1.83 bits per heavy atom. The Morgan fingerprint density at radius 2 is 1.83 bits per heavy atom. The Kier molecular flexibility index (Phi) is 47.0. The zero-order valence-electron chi connectivity index (χ0n) is 3.40. The summed E-state index contributed by atoms with van der Waals surface area (Å²) in [5.41, 5.74) is 0. The van der Waals surface area contributed by atoms with Gasteiger partial charge in [-0.2, -0.15) is 0 Å². The van der Waals surface area contributed by atoms with Crippen molar-refractivity contribution in [1.82, 2.24) is 0 Å². The number of hydrogen-bond acceptors (Lipinski definition) is 0. The molecule has 0 N–H and O–H groups in total. The standard InChI is InChI=1S/C3H5.CH4.Al.ClH.2H/c1-3-2;;;;;/h3H,1-2H2;1H4;;1H;;. The van der Waals surface area contributed by atoms with Crippen LogP contribution in [0.2, 0.25) is 5.28 Å². The number of hydrogen-bond donors (Lipinski definition) is 0. The van der Waals surface area contributed by atoms with E-state index in [1.807, 2.05) is 6.08 Å². The summed E-state index contributed by atoms with van der Waals surface area (Å²) in [6, 6.07) is 0. The minimum atomic E-state index is 0. The van der Waals surface area contributed by atoms with Gasteiger partial charge in [-0.15, -0.1) is 25.1 Å². The molecule has 0 bridgehead atoms. The van der Waals surface area contributed by atoms with E-state index in [2.05, 4.69) is 6.58 Å². The van der Waals surface area contributed by atoms with Gasteiger partial charge in [-0.25, -0.2) is 0 Å². The van der Waals surface area contributed by atoms with Gasteiger partial charge in [-0.05, 0) is 0 Å². The van der Waals surface area contributed by atoms with E-state index >= 15 is 0 Å². The first-order valence-electron chi connectivity index (χ1n) is 1.52. The maximum atomic E-state index is 3.51. The van der Waals surface area contributed by atoms with Gasteiger partial charge in [-0.1, -0.05) is 12.7 Å². The van der Waals surface area contributed by atoms with Crippen LogP contribution in [0.1, 0.15) is 7.43 Å². The maximum Gasteiger partial charge on any atom is 0.217 e. The van der Waals surface area contributed by atoms with Crippen molar-refractivity contribution in [2.75, 3.05) is 0 Å². The predicted molar refractivity (Wildman–Crippen MR) is 37.5 cm³/mol. The first-order chi connectivity index (χ1) is 1.91. The summed E-state index contributed by atoms with van der Waals surface area (Å²) in [6.45, 7) is 3.51. The fraction of sp³-hybridized carbons (Fsp3) is 0.500.